The van der Waals surface area contributed by atoms with Crippen LogP contribution in [0.4, 0.5) is 24.8 Å². The molecule has 1 fully saturated rings. The number of nitrogen functional groups attached to an aromatic ring is 1. The van der Waals surface area contributed by atoms with E-state index in [1.165, 1.54) is 6.07 Å². The number of halogens is 3. The molecule has 1 saturated heterocycles. The van der Waals surface area contributed by atoms with Gasteiger partial charge in [0.05, 0.1) is 0 Å². The molecule has 0 amide bonds. The Kier molecular flexibility index (Phi) is 3.79. The number of aromatic nitrogens is 2. The van der Waals surface area contributed by atoms with E-state index < -0.39 is 12.0 Å². The SMILES string of the molecule is CN1CCCC1CNc1cc(N)nc(C(F)(F)F)n1. The van der Waals surface area contributed by atoms with Gasteiger partial charge in [0.25, 0.3) is 0 Å². The Labute approximate surface area is 109 Å². The van der Waals surface area contributed by atoms with E-state index in [0.29, 0.717) is 12.6 Å². The van der Waals surface area contributed by atoms with Crippen LogP contribution in [0, 0.1) is 0 Å². The van der Waals surface area contributed by atoms with Gasteiger partial charge in [0.2, 0.25) is 5.82 Å². The third kappa shape index (κ3) is 3.46. The van der Waals surface area contributed by atoms with Crippen LogP contribution in [-0.2, 0) is 6.18 Å². The second kappa shape index (κ2) is 5.20. The Morgan fingerprint density at radius 1 is 1.47 bits per heavy atom. The molecule has 1 atom stereocenters. The standard InChI is InChI=1S/C11H16F3N5/c1-19-4-2-3-7(19)6-16-9-5-8(15)17-10(18-9)11(12,13)14/h5,7H,2-4,6H2,1H3,(H3,15,16,17,18). The molecule has 19 heavy (non-hydrogen) atoms. The largest absolute Gasteiger partial charge is 0.451 e. The van der Waals surface area contributed by atoms with Crippen LogP contribution >= 0.6 is 0 Å². The second-order valence-electron chi connectivity index (χ2n) is 4.66. The number of hydrogen-bond donors (Lipinski definition) is 2. The first-order valence-corrected chi connectivity index (χ1v) is 6.02. The van der Waals surface area contributed by atoms with E-state index in [4.69, 9.17) is 5.73 Å². The molecule has 0 bridgehead atoms. The Morgan fingerprint density at radius 3 is 2.79 bits per heavy atom. The summed E-state index contributed by atoms with van der Waals surface area (Å²) in [4.78, 5) is 8.81. The van der Waals surface area contributed by atoms with Crippen molar-refractivity contribution >= 4 is 11.6 Å². The fourth-order valence-corrected chi connectivity index (χ4v) is 2.14. The first-order valence-electron chi connectivity index (χ1n) is 6.02. The maximum absolute atomic E-state index is 12.5. The van der Waals surface area contributed by atoms with E-state index in [0.717, 1.165) is 19.4 Å². The van der Waals surface area contributed by atoms with Crippen LogP contribution < -0.4 is 11.1 Å². The fraction of sp³-hybridized carbons (Fsp3) is 0.636. The van der Waals surface area contributed by atoms with E-state index in [1.54, 1.807) is 0 Å². The van der Waals surface area contributed by atoms with Crippen molar-refractivity contribution in [3.63, 3.8) is 0 Å². The minimum absolute atomic E-state index is 0.111. The molecule has 2 rings (SSSR count). The normalized spacial score (nSPS) is 20.7. The molecule has 0 spiro atoms. The Bertz CT molecular complexity index is 448. The predicted molar refractivity (Wildman–Crippen MR) is 65.6 cm³/mol. The third-order valence-electron chi connectivity index (χ3n) is 3.19. The lowest BCUT2D eigenvalue weighted by Crippen LogP contribution is -2.32. The van der Waals surface area contributed by atoms with Gasteiger partial charge in [0, 0.05) is 18.7 Å². The monoisotopic (exact) mass is 275 g/mol. The van der Waals surface area contributed by atoms with Crippen LogP contribution in [0.3, 0.4) is 0 Å². The van der Waals surface area contributed by atoms with E-state index in [1.807, 2.05) is 7.05 Å². The number of alkyl halides is 3. The topological polar surface area (TPSA) is 67.1 Å². The number of likely N-dealkylation sites (tertiary alicyclic amines) is 1. The van der Waals surface area contributed by atoms with E-state index in [-0.39, 0.29) is 11.6 Å². The molecule has 1 aliphatic rings. The van der Waals surface area contributed by atoms with Gasteiger partial charge in [-0.2, -0.15) is 13.2 Å². The molecular formula is C11H16F3N5. The van der Waals surface area contributed by atoms with Crippen molar-refractivity contribution in [2.45, 2.75) is 25.1 Å². The molecule has 2 heterocycles. The van der Waals surface area contributed by atoms with Crippen molar-refractivity contribution in [3.05, 3.63) is 11.9 Å². The maximum atomic E-state index is 12.5. The minimum atomic E-state index is -4.59. The van der Waals surface area contributed by atoms with Crippen molar-refractivity contribution in [1.82, 2.24) is 14.9 Å². The molecule has 1 unspecified atom stereocenters. The van der Waals surface area contributed by atoms with Crippen LogP contribution in [-0.4, -0.2) is 41.0 Å². The highest BCUT2D eigenvalue weighted by atomic mass is 19.4. The van der Waals surface area contributed by atoms with E-state index in [2.05, 4.69) is 20.2 Å². The minimum Gasteiger partial charge on any atom is -0.384 e. The average molecular weight is 275 g/mol. The van der Waals surface area contributed by atoms with Gasteiger partial charge in [-0.3, -0.25) is 0 Å². The summed E-state index contributed by atoms with van der Waals surface area (Å²) in [6.45, 7) is 1.55. The highest BCUT2D eigenvalue weighted by molar-refractivity contribution is 5.45. The molecule has 106 valence electrons. The predicted octanol–water partition coefficient (Wildman–Crippen LogP) is 1.58. The Hall–Kier alpha value is -1.57. The van der Waals surface area contributed by atoms with Crippen LogP contribution in [0.25, 0.3) is 0 Å². The first kappa shape index (κ1) is 13.9. The molecule has 0 aromatic carbocycles. The number of nitrogens with two attached hydrogens (primary N) is 1. The second-order valence-corrected chi connectivity index (χ2v) is 4.66. The number of likely N-dealkylation sites (N-methyl/N-ethyl adjacent to an activating group) is 1. The lowest BCUT2D eigenvalue weighted by Gasteiger charge is -2.20. The summed E-state index contributed by atoms with van der Waals surface area (Å²) in [6, 6.07) is 1.62. The van der Waals surface area contributed by atoms with Crippen molar-refractivity contribution in [1.29, 1.82) is 0 Å². The maximum Gasteiger partial charge on any atom is 0.451 e. The van der Waals surface area contributed by atoms with Crippen molar-refractivity contribution in [2.75, 3.05) is 31.2 Å². The van der Waals surface area contributed by atoms with Crippen molar-refractivity contribution in [2.24, 2.45) is 0 Å². The van der Waals surface area contributed by atoms with Crippen molar-refractivity contribution < 1.29 is 13.2 Å². The molecule has 3 N–H and O–H groups in total. The summed E-state index contributed by atoms with van der Waals surface area (Å²) in [7, 11) is 1.99. The van der Waals surface area contributed by atoms with Gasteiger partial charge < -0.3 is 16.0 Å². The van der Waals surface area contributed by atoms with Gasteiger partial charge in [-0.05, 0) is 26.4 Å². The molecule has 8 heteroatoms. The molecule has 1 aromatic heterocycles. The summed E-state index contributed by atoms with van der Waals surface area (Å²) in [6.07, 6.45) is -2.46. The third-order valence-corrected chi connectivity index (χ3v) is 3.19. The van der Waals surface area contributed by atoms with Gasteiger partial charge in [-0.15, -0.1) is 0 Å². The van der Waals surface area contributed by atoms with Gasteiger partial charge in [-0.25, -0.2) is 9.97 Å². The Morgan fingerprint density at radius 2 is 2.21 bits per heavy atom. The zero-order valence-electron chi connectivity index (χ0n) is 10.5. The molecule has 0 aliphatic carbocycles. The van der Waals surface area contributed by atoms with Crippen LogP contribution in [0.15, 0.2) is 6.07 Å². The molecule has 0 saturated carbocycles. The average Bonchev–Trinajstić information content (AvgIpc) is 2.70. The number of rotatable bonds is 3. The Balaban J connectivity index is 2.06. The number of anilines is 2. The van der Waals surface area contributed by atoms with Crippen LogP contribution in [0.2, 0.25) is 0 Å². The zero-order valence-corrected chi connectivity index (χ0v) is 10.5. The summed E-state index contributed by atoms with van der Waals surface area (Å²) >= 11 is 0. The number of nitrogens with zero attached hydrogens (tertiary/aromatic N) is 3. The van der Waals surface area contributed by atoms with Gasteiger partial charge in [0.1, 0.15) is 11.6 Å². The lowest BCUT2D eigenvalue weighted by molar-refractivity contribution is -0.144. The lowest BCUT2D eigenvalue weighted by atomic mass is 10.2. The molecule has 1 aromatic rings. The molecule has 0 radical (unpaired) electrons. The number of hydrogen-bond acceptors (Lipinski definition) is 5. The zero-order chi connectivity index (χ0) is 14.0. The van der Waals surface area contributed by atoms with Gasteiger partial charge >= 0.3 is 6.18 Å². The fourth-order valence-electron chi connectivity index (χ4n) is 2.14. The first-order chi connectivity index (χ1) is 8.86. The summed E-state index contributed by atoms with van der Waals surface area (Å²) in [5, 5.41) is 2.90. The summed E-state index contributed by atoms with van der Waals surface area (Å²) < 4.78 is 37.6. The molecular weight excluding hydrogens is 259 g/mol. The highest BCUT2D eigenvalue weighted by Gasteiger charge is 2.35. The van der Waals surface area contributed by atoms with E-state index >= 15 is 0 Å². The summed E-state index contributed by atoms with van der Waals surface area (Å²) in [5.74, 6) is -1.29. The van der Waals surface area contributed by atoms with Gasteiger partial charge in [0.15, 0.2) is 0 Å². The molecule has 1 aliphatic heterocycles. The smallest absolute Gasteiger partial charge is 0.384 e. The summed E-state index contributed by atoms with van der Waals surface area (Å²) in [5.41, 5.74) is 5.37. The van der Waals surface area contributed by atoms with E-state index in [9.17, 15) is 13.2 Å². The van der Waals surface area contributed by atoms with Crippen LogP contribution in [0.5, 0.6) is 0 Å². The van der Waals surface area contributed by atoms with Crippen molar-refractivity contribution in [3.8, 4) is 0 Å². The molecule has 5 nitrogen and oxygen atoms in total. The number of nitrogens with one attached hydrogen (secondary N) is 1. The highest BCUT2D eigenvalue weighted by Crippen LogP contribution is 2.27. The van der Waals surface area contributed by atoms with Gasteiger partial charge in [-0.1, -0.05) is 0 Å². The van der Waals surface area contributed by atoms with Crippen LogP contribution in [0.1, 0.15) is 18.7 Å². The quantitative estimate of drug-likeness (QED) is 0.876.